The molecule has 3 aromatic rings. The molecular formula is C24H22N4O3S. The van der Waals surface area contributed by atoms with Crippen LogP contribution >= 0.6 is 0 Å². The molecule has 0 radical (unpaired) electrons. The molecule has 7 nitrogen and oxygen atoms in total. The summed E-state index contributed by atoms with van der Waals surface area (Å²) in [7, 11) is -2.08. The van der Waals surface area contributed by atoms with E-state index < -0.39 is 10.0 Å². The lowest BCUT2D eigenvalue weighted by atomic mass is 10.1. The Morgan fingerprint density at radius 1 is 1.03 bits per heavy atom. The summed E-state index contributed by atoms with van der Waals surface area (Å²) in [5.74, 6) is -0.387. The van der Waals surface area contributed by atoms with Crippen LogP contribution in [0, 0.1) is 18.3 Å². The second-order valence-electron chi connectivity index (χ2n) is 7.20. The van der Waals surface area contributed by atoms with Crippen LogP contribution in [0.2, 0.25) is 0 Å². The number of sulfonamides is 1. The Hall–Kier alpha value is -3.80. The molecule has 8 heteroatoms. The molecule has 0 aliphatic heterocycles. The first-order chi connectivity index (χ1) is 15.3. The van der Waals surface area contributed by atoms with Crippen molar-refractivity contribution in [3.8, 4) is 6.07 Å². The lowest BCUT2D eigenvalue weighted by molar-refractivity contribution is 0.0955. The standard InChI is InChI=1S/C24H22N4O3S/c1-18-3-13-23(14-4-18)32(30,31)28(2)17-21-9-11-22(12-10-21)24(29)27-26-16-20-7-5-19(15-25)6-8-20/h3-14,16H,17H2,1-2H3,(H,27,29). The molecule has 3 aromatic carbocycles. The number of nitriles is 1. The van der Waals surface area contributed by atoms with Crippen molar-refractivity contribution in [3.05, 3.63) is 101 Å². The van der Waals surface area contributed by atoms with E-state index in [0.29, 0.717) is 11.1 Å². The Balaban J connectivity index is 1.60. The third-order valence-corrected chi connectivity index (χ3v) is 6.59. The molecule has 0 bridgehead atoms. The maximum atomic E-state index is 12.7. The van der Waals surface area contributed by atoms with Crippen molar-refractivity contribution in [2.45, 2.75) is 18.4 Å². The van der Waals surface area contributed by atoms with Crippen molar-refractivity contribution in [1.82, 2.24) is 9.73 Å². The summed E-state index contributed by atoms with van der Waals surface area (Å²) in [4.78, 5) is 12.5. The summed E-state index contributed by atoms with van der Waals surface area (Å²) in [6.07, 6.45) is 1.48. The number of aryl methyl sites for hydroxylation is 1. The monoisotopic (exact) mass is 446 g/mol. The Kier molecular flexibility index (Phi) is 7.15. The highest BCUT2D eigenvalue weighted by Gasteiger charge is 2.20. The largest absolute Gasteiger partial charge is 0.271 e. The summed E-state index contributed by atoms with van der Waals surface area (Å²) in [6.45, 7) is 2.07. The predicted molar refractivity (Wildman–Crippen MR) is 122 cm³/mol. The van der Waals surface area contributed by atoms with Crippen molar-refractivity contribution >= 4 is 22.1 Å². The fraction of sp³-hybridized carbons (Fsp3) is 0.125. The SMILES string of the molecule is Cc1ccc(S(=O)(=O)N(C)Cc2ccc(C(=O)NN=Cc3ccc(C#N)cc3)cc2)cc1. The number of hydrogen-bond donors (Lipinski definition) is 1. The number of carbonyl (C=O) groups is 1. The maximum Gasteiger partial charge on any atom is 0.271 e. The lowest BCUT2D eigenvalue weighted by Gasteiger charge is -2.17. The zero-order valence-corrected chi connectivity index (χ0v) is 18.5. The number of amides is 1. The van der Waals surface area contributed by atoms with Gasteiger partial charge in [0.2, 0.25) is 10.0 Å². The van der Waals surface area contributed by atoms with Gasteiger partial charge in [0.15, 0.2) is 0 Å². The lowest BCUT2D eigenvalue weighted by Crippen LogP contribution is -2.26. The van der Waals surface area contributed by atoms with Gasteiger partial charge in [-0.05, 0) is 54.4 Å². The van der Waals surface area contributed by atoms with E-state index in [1.807, 2.05) is 13.0 Å². The molecular weight excluding hydrogens is 424 g/mol. The van der Waals surface area contributed by atoms with Crippen LogP contribution in [-0.4, -0.2) is 31.9 Å². The van der Waals surface area contributed by atoms with Gasteiger partial charge >= 0.3 is 0 Å². The summed E-state index contributed by atoms with van der Waals surface area (Å²) in [6, 6.07) is 22.2. The van der Waals surface area contributed by atoms with Gasteiger partial charge in [0, 0.05) is 19.2 Å². The maximum absolute atomic E-state index is 12.7. The molecule has 0 fully saturated rings. The van der Waals surface area contributed by atoms with E-state index in [9.17, 15) is 13.2 Å². The van der Waals surface area contributed by atoms with Gasteiger partial charge in [0.25, 0.3) is 5.91 Å². The summed E-state index contributed by atoms with van der Waals surface area (Å²) >= 11 is 0. The van der Waals surface area contributed by atoms with Gasteiger partial charge in [-0.1, -0.05) is 42.0 Å². The van der Waals surface area contributed by atoms with Gasteiger partial charge in [0.1, 0.15) is 0 Å². The molecule has 0 aromatic heterocycles. The van der Waals surface area contributed by atoms with Gasteiger partial charge < -0.3 is 0 Å². The third-order valence-electron chi connectivity index (χ3n) is 4.77. The van der Waals surface area contributed by atoms with Gasteiger partial charge in [0.05, 0.1) is 22.7 Å². The highest BCUT2D eigenvalue weighted by Crippen LogP contribution is 2.17. The van der Waals surface area contributed by atoms with Crippen LogP contribution in [0.5, 0.6) is 0 Å². The van der Waals surface area contributed by atoms with E-state index in [4.69, 9.17) is 5.26 Å². The minimum atomic E-state index is -3.61. The van der Waals surface area contributed by atoms with Crippen LogP contribution in [0.25, 0.3) is 0 Å². The number of benzene rings is 3. The predicted octanol–water partition coefficient (Wildman–Crippen LogP) is 3.45. The summed E-state index contributed by atoms with van der Waals surface area (Å²) in [5, 5.41) is 12.7. The van der Waals surface area contributed by atoms with Gasteiger partial charge in [-0.2, -0.15) is 14.7 Å². The fourth-order valence-corrected chi connectivity index (χ4v) is 4.03. The van der Waals surface area contributed by atoms with Gasteiger partial charge in [-0.25, -0.2) is 13.8 Å². The van der Waals surface area contributed by atoms with E-state index in [2.05, 4.69) is 10.5 Å². The first-order valence-electron chi connectivity index (χ1n) is 9.75. The second-order valence-corrected chi connectivity index (χ2v) is 9.25. The Labute approximate surface area is 187 Å². The average Bonchev–Trinajstić information content (AvgIpc) is 2.80. The first-order valence-corrected chi connectivity index (χ1v) is 11.2. The average molecular weight is 447 g/mol. The summed E-state index contributed by atoms with van der Waals surface area (Å²) < 4.78 is 26.7. The van der Waals surface area contributed by atoms with Crippen LogP contribution < -0.4 is 5.43 Å². The van der Waals surface area contributed by atoms with Crippen LogP contribution in [-0.2, 0) is 16.6 Å². The van der Waals surface area contributed by atoms with Crippen molar-refractivity contribution in [3.63, 3.8) is 0 Å². The molecule has 0 spiro atoms. The molecule has 3 rings (SSSR count). The quantitative estimate of drug-likeness (QED) is 0.443. The fourth-order valence-electron chi connectivity index (χ4n) is 2.87. The number of rotatable bonds is 7. The zero-order valence-electron chi connectivity index (χ0n) is 17.7. The van der Waals surface area contributed by atoms with E-state index in [1.54, 1.807) is 72.8 Å². The molecule has 1 amide bonds. The van der Waals surface area contributed by atoms with E-state index in [-0.39, 0.29) is 17.3 Å². The molecule has 0 atom stereocenters. The number of hydrazone groups is 1. The summed E-state index contributed by atoms with van der Waals surface area (Å²) in [5.41, 5.74) is 5.87. The minimum absolute atomic E-state index is 0.176. The highest BCUT2D eigenvalue weighted by molar-refractivity contribution is 7.89. The zero-order chi connectivity index (χ0) is 23.1. The molecule has 0 unspecified atom stereocenters. The molecule has 0 heterocycles. The second kappa shape index (κ2) is 10.0. The van der Waals surface area contributed by atoms with E-state index in [0.717, 1.165) is 16.7 Å². The van der Waals surface area contributed by atoms with Crippen molar-refractivity contribution in [2.24, 2.45) is 5.10 Å². The van der Waals surface area contributed by atoms with Crippen molar-refractivity contribution in [2.75, 3.05) is 7.05 Å². The van der Waals surface area contributed by atoms with Crippen molar-refractivity contribution < 1.29 is 13.2 Å². The first kappa shape index (κ1) is 22.9. The normalized spacial score (nSPS) is 11.4. The smallest absolute Gasteiger partial charge is 0.267 e. The van der Waals surface area contributed by atoms with Crippen LogP contribution in [0.1, 0.15) is 32.6 Å². The molecule has 162 valence electrons. The Morgan fingerprint density at radius 2 is 1.66 bits per heavy atom. The molecule has 0 saturated heterocycles. The van der Waals surface area contributed by atoms with E-state index in [1.165, 1.54) is 17.6 Å². The molecule has 0 aliphatic rings. The van der Waals surface area contributed by atoms with Crippen LogP contribution in [0.3, 0.4) is 0 Å². The van der Waals surface area contributed by atoms with Gasteiger partial charge in [-0.3, -0.25) is 4.79 Å². The molecule has 0 aliphatic carbocycles. The molecule has 0 saturated carbocycles. The number of carbonyl (C=O) groups excluding carboxylic acids is 1. The molecule has 32 heavy (non-hydrogen) atoms. The van der Waals surface area contributed by atoms with Crippen LogP contribution in [0.15, 0.2) is 82.8 Å². The van der Waals surface area contributed by atoms with E-state index >= 15 is 0 Å². The topological polar surface area (TPSA) is 103 Å². The highest BCUT2D eigenvalue weighted by atomic mass is 32.2. The third kappa shape index (κ3) is 5.66. The minimum Gasteiger partial charge on any atom is -0.267 e. The Bertz CT molecular complexity index is 1260. The number of nitrogens with zero attached hydrogens (tertiary/aromatic N) is 3. The Morgan fingerprint density at radius 3 is 2.25 bits per heavy atom. The number of nitrogens with one attached hydrogen (secondary N) is 1. The van der Waals surface area contributed by atoms with Crippen LogP contribution in [0.4, 0.5) is 0 Å². The van der Waals surface area contributed by atoms with Gasteiger partial charge in [-0.15, -0.1) is 0 Å². The van der Waals surface area contributed by atoms with Crippen molar-refractivity contribution in [1.29, 1.82) is 5.26 Å². The molecule has 1 N–H and O–H groups in total. The number of hydrogen-bond acceptors (Lipinski definition) is 5.